The van der Waals surface area contributed by atoms with Crippen LogP contribution in [0.15, 0.2) is 18.3 Å². The molecule has 0 saturated heterocycles. The molecule has 0 atom stereocenters. The van der Waals surface area contributed by atoms with Crippen LogP contribution >= 0.6 is 11.6 Å². The molecule has 0 saturated carbocycles. The largest absolute Gasteiger partial charge is 0.363 e. The average molecular weight is 251 g/mol. The van der Waals surface area contributed by atoms with Crippen molar-refractivity contribution in [2.24, 2.45) is 5.73 Å². The summed E-state index contributed by atoms with van der Waals surface area (Å²) in [5, 5.41) is 1.31. The Labute approximate surface area is 103 Å². The Morgan fingerprint density at radius 2 is 2.12 bits per heavy atom. The fraction of sp³-hybridized carbons (Fsp3) is 0.167. The van der Waals surface area contributed by atoms with Crippen LogP contribution in [-0.4, -0.2) is 16.7 Å². The molecule has 1 aromatic heterocycles. The third kappa shape index (κ3) is 1.91. The maximum absolute atomic E-state index is 11.6. The zero-order valence-corrected chi connectivity index (χ0v) is 9.97. The monoisotopic (exact) mass is 250 g/mol. The van der Waals surface area contributed by atoms with E-state index in [9.17, 15) is 9.59 Å². The summed E-state index contributed by atoms with van der Waals surface area (Å²) in [7, 11) is 0. The molecule has 1 amide bonds. The van der Waals surface area contributed by atoms with E-state index in [0.717, 1.165) is 17.5 Å². The van der Waals surface area contributed by atoms with Crippen molar-refractivity contribution in [3.63, 3.8) is 0 Å². The maximum Gasteiger partial charge on any atom is 0.289 e. The maximum atomic E-state index is 11.6. The number of hydrogen-bond donors (Lipinski definition) is 2. The number of hydrogen-bond acceptors (Lipinski definition) is 2. The molecular weight excluding hydrogens is 240 g/mol. The quantitative estimate of drug-likeness (QED) is 0.646. The molecule has 0 fully saturated rings. The molecule has 1 heterocycles. The molecule has 0 spiro atoms. The van der Waals surface area contributed by atoms with E-state index in [1.165, 1.54) is 6.20 Å². The van der Waals surface area contributed by atoms with Crippen molar-refractivity contribution in [2.75, 3.05) is 0 Å². The van der Waals surface area contributed by atoms with Crippen molar-refractivity contribution in [2.45, 2.75) is 13.3 Å². The number of amides is 1. The summed E-state index contributed by atoms with van der Waals surface area (Å²) >= 11 is 6.06. The minimum absolute atomic E-state index is 0.291. The molecule has 0 unspecified atom stereocenters. The number of nitrogens with one attached hydrogen (secondary N) is 1. The van der Waals surface area contributed by atoms with Crippen molar-refractivity contribution in [1.29, 1.82) is 0 Å². The number of carbonyl (C=O) groups excluding carboxylic acids is 2. The molecule has 4 nitrogen and oxygen atoms in total. The van der Waals surface area contributed by atoms with E-state index in [1.54, 1.807) is 6.07 Å². The van der Waals surface area contributed by atoms with Crippen LogP contribution in [0.1, 0.15) is 22.8 Å². The van der Waals surface area contributed by atoms with Crippen LogP contribution in [0, 0.1) is 0 Å². The number of carbonyl (C=O) groups is 2. The molecule has 0 aliphatic carbocycles. The lowest BCUT2D eigenvalue weighted by molar-refractivity contribution is -0.114. The van der Waals surface area contributed by atoms with Crippen LogP contribution in [0.25, 0.3) is 10.9 Å². The molecule has 2 rings (SSSR count). The Bertz CT molecular complexity index is 616. The second-order valence-electron chi connectivity index (χ2n) is 3.74. The number of aromatic nitrogens is 1. The minimum Gasteiger partial charge on any atom is -0.363 e. The van der Waals surface area contributed by atoms with Crippen molar-refractivity contribution >= 4 is 34.2 Å². The summed E-state index contributed by atoms with van der Waals surface area (Å²) in [4.78, 5) is 25.4. The summed E-state index contributed by atoms with van der Waals surface area (Å²) in [5.41, 5.74) is 6.93. The lowest BCUT2D eigenvalue weighted by Gasteiger charge is -2.02. The van der Waals surface area contributed by atoms with Crippen LogP contribution < -0.4 is 5.73 Å². The van der Waals surface area contributed by atoms with Crippen LogP contribution in [0.5, 0.6) is 0 Å². The predicted molar refractivity (Wildman–Crippen MR) is 66.2 cm³/mol. The van der Waals surface area contributed by atoms with Crippen LogP contribution in [-0.2, 0) is 11.2 Å². The first-order chi connectivity index (χ1) is 8.04. The highest BCUT2D eigenvalue weighted by molar-refractivity contribution is 6.44. The van der Waals surface area contributed by atoms with Crippen molar-refractivity contribution < 1.29 is 9.59 Å². The molecule has 0 aliphatic heterocycles. The molecule has 5 heteroatoms. The van der Waals surface area contributed by atoms with E-state index in [-0.39, 0.29) is 0 Å². The summed E-state index contributed by atoms with van der Waals surface area (Å²) in [6.07, 6.45) is 2.23. The van der Waals surface area contributed by atoms with Gasteiger partial charge in [-0.1, -0.05) is 18.5 Å². The first kappa shape index (κ1) is 11.7. The van der Waals surface area contributed by atoms with Crippen LogP contribution in [0.3, 0.4) is 0 Å². The van der Waals surface area contributed by atoms with Gasteiger partial charge in [0.05, 0.1) is 5.56 Å². The average Bonchev–Trinajstić information content (AvgIpc) is 2.69. The zero-order chi connectivity index (χ0) is 12.6. The molecule has 0 bridgehead atoms. The summed E-state index contributed by atoms with van der Waals surface area (Å²) < 4.78 is 0. The SMILES string of the molecule is CCc1cc2c(C(=O)C(N)=O)c[nH]c2cc1Cl. The van der Waals surface area contributed by atoms with Gasteiger partial charge in [-0.25, -0.2) is 0 Å². The minimum atomic E-state index is -0.959. The topological polar surface area (TPSA) is 76.0 Å². The third-order valence-corrected chi connectivity index (χ3v) is 3.05. The Balaban J connectivity index is 2.67. The van der Waals surface area contributed by atoms with Crippen molar-refractivity contribution in [3.05, 3.63) is 34.5 Å². The van der Waals surface area contributed by atoms with Gasteiger partial charge in [-0.15, -0.1) is 0 Å². The van der Waals surface area contributed by atoms with Gasteiger partial charge >= 0.3 is 0 Å². The van der Waals surface area contributed by atoms with Crippen molar-refractivity contribution in [1.82, 2.24) is 4.98 Å². The van der Waals surface area contributed by atoms with Crippen molar-refractivity contribution in [3.8, 4) is 0 Å². The van der Waals surface area contributed by atoms with E-state index in [0.29, 0.717) is 16.0 Å². The van der Waals surface area contributed by atoms with Gasteiger partial charge in [0, 0.05) is 22.1 Å². The lowest BCUT2D eigenvalue weighted by Crippen LogP contribution is -2.22. The normalized spacial score (nSPS) is 10.7. The number of ketones is 1. The second-order valence-corrected chi connectivity index (χ2v) is 4.15. The van der Waals surface area contributed by atoms with Gasteiger partial charge in [-0.3, -0.25) is 9.59 Å². The molecular formula is C12H11ClN2O2. The highest BCUT2D eigenvalue weighted by Gasteiger charge is 2.17. The Morgan fingerprint density at radius 1 is 1.41 bits per heavy atom. The van der Waals surface area contributed by atoms with Gasteiger partial charge in [0.2, 0.25) is 0 Å². The number of nitrogens with two attached hydrogens (primary N) is 1. The number of H-pyrrole nitrogens is 1. The van der Waals surface area contributed by atoms with Gasteiger partial charge in [0.1, 0.15) is 0 Å². The molecule has 0 aliphatic rings. The molecule has 1 aromatic carbocycles. The van der Waals surface area contributed by atoms with Gasteiger partial charge in [-0.05, 0) is 24.1 Å². The molecule has 2 aromatic rings. The van der Waals surface area contributed by atoms with E-state index < -0.39 is 11.7 Å². The number of primary amides is 1. The number of Topliss-reactive ketones (excluding diaryl/α,β-unsaturated/α-hetero) is 1. The number of halogens is 1. The number of rotatable bonds is 3. The zero-order valence-electron chi connectivity index (χ0n) is 9.21. The predicted octanol–water partition coefficient (Wildman–Crippen LogP) is 2.05. The Kier molecular flexibility index (Phi) is 2.90. The number of aromatic amines is 1. The van der Waals surface area contributed by atoms with E-state index >= 15 is 0 Å². The molecule has 88 valence electrons. The fourth-order valence-electron chi connectivity index (χ4n) is 1.78. The van der Waals surface area contributed by atoms with E-state index in [4.69, 9.17) is 17.3 Å². The Hall–Kier alpha value is -1.81. The van der Waals surface area contributed by atoms with Gasteiger partial charge < -0.3 is 10.7 Å². The summed E-state index contributed by atoms with van der Waals surface area (Å²) in [5.74, 6) is -1.65. The molecule has 17 heavy (non-hydrogen) atoms. The highest BCUT2D eigenvalue weighted by Crippen LogP contribution is 2.26. The standard InChI is InChI=1S/C12H11ClN2O2/c1-2-6-3-7-8(11(16)12(14)17)5-15-10(7)4-9(6)13/h3-5,15H,2H2,1H3,(H2,14,17). The summed E-state index contributed by atoms with van der Waals surface area (Å²) in [6.45, 7) is 1.97. The smallest absolute Gasteiger partial charge is 0.289 e. The second kappa shape index (κ2) is 4.22. The first-order valence-corrected chi connectivity index (χ1v) is 5.56. The van der Waals surface area contributed by atoms with Gasteiger partial charge in [0.25, 0.3) is 11.7 Å². The molecule has 3 N–H and O–H groups in total. The third-order valence-electron chi connectivity index (χ3n) is 2.70. The Morgan fingerprint density at radius 3 is 2.71 bits per heavy atom. The highest BCUT2D eigenvalue weighted by atomic mass is 35.5. The van der Waals surface area contributed by atoms with Gasteiger partial charge in [0.15, 0.2) is 0 Å². The van der Waals surface area contributed by atoms with E-state index in [2.05, 4.69) is 4.98 Å². The number of aryl methyl sites for hydroxylation is 1. The van der Waals surface area contributed by atoms with Gasteiger partial charge in [-0.2, -0.15) is 0 Å². The lowest BCUT2D eigenvalue weighted by atomic mass is 10.1. The van der Waals surface area contributed by atoms with Crippen LogP contribution in [0.2, 0.25) is 5.02 Å². The first-order valence-electron chi connectivity index (χ1n) is 5.18. The fourth-order valence-corrected chi connectivity index (χ4v) is 2.08. The van der Waals surface area contributed by atoms with E-state index in [1.807, 2.05) is 13.0 Å². The van der Waals surface area contributed by atoms with Crippen LogP contribution in [0.4, 0.5) is 0 Å². The summed E-state index contributed by atoms with van der Waals surface area (Å²) in [6, 6.07) is 3.55. The number of benzene rings is 1. The molecule has 0 radical (unpaired) electrons. The number of fused-ring (bicyclic) bond motifs is 1.